The van der Waals surface area contributed by atoms with Crippen LogP contribution in [0.4, 0.5) is 0 Å². The Morgan fingerprint density at radius 1 is 1.19 bits per heavy atom. The Labute approximate surface area is 95.7 Å². The predicted molar refractivity (Wildman–Crippen MR) is 62.7 cm³/mol. The van der Waals surface area contributed by atoms with Crippen LogP contribution in [-0.4, -0.2) is 22.8 Å². The van der Waals surface area contributed by atoms with E-state index in [4.69, 9.17) is 0 Å². The first kappa shape index (κ1) is 12.7. The van der Waals surface area contributed by atoms with E-state index in [9.17, 15) is 15.0 Å². The van der Waals surface area contributed by atoms with Gasteiger partial charge < -0.3 is 10.2 Å². The van der Waals surface area contributed by atoms with Crippen molar-refractivity contribution in [2.45, 2.75) is 33.1 Å². The highest BCUT2D eigenvalue weighted by Crippen LogP contribution is 2.29. The fraction of sp³-hybridized carbons (Fsp3) is 0.462. The molecule has 0 spiro atoms. The van der Waals surface area contributed by atoms with Crippen LogP contribution in [0.1, 0.15) is 29.2 Å². The molecule has 1 aromatic rings. The minimum absolute atomic E-state index is 0.397. The van der Waals surface area contributed by atoms with Crippen LogP contribution >= 0.6 is 0 Å². The summed E-state index contributed by atoms with van der Waals surface area (Å²) >= 11 is 0. The van der Waals surface area contributed by atoms with Gasteiger partial charge in [-0.05, 0) is 49.9 Å². The van der Waals surface area contributed by atoms with E-state index in [2.05, 4.69) is 0 Å². The van der Waals surface area contributed by atoms with Crippen molar-refractivity contribution in [3.8, 4) is 0 Å². The molecule has 0 radical (unpaired) electrons. The molecule has 0 aliphatic carbocycles. The summed E-state index contributed by atoms with van der Waals surface area (Å²) in [5, 5.41) is 18.5. The molecule has 16 heavy (non-hydrogen) atoms. The molecular formula is C13H18O3. The van der Waals surface area contributed by atoms with Crippen molar-refractivity contribution in [2.75, 3.05) is 6.61 Å². The summed E-state index contributed by atoms with van der Waals surface area (Å²) in [4.78, 5) is 11.2. The van der Waals surface area contributed by atoms with Gasteiger partial charge in [0.1, 0.15) is 5.41 Å². The molecule has 3 nitrogen and oxygen atoms in total. The summed E-state index contributed by atoms with van der Waals surface area (Å²) in [6.07, 6.45) is 0. The maximum absolute atomic E-state index is 11.2. The summed E-state index contributed by atoms with van der Waals surface area (Å²) in [5.41, 5.74) is 2.55. The molecular weight excluding hydrogens is 204 g/mol. The molecule has 0 aliphatic rings. The summed E-state index contributed by atoms with van der Waals surface area (Å²) in [6, 6.07) is 3.82. The number of hydrogen-bond acceptors (Lipinski definition) is 2. The fourth-order valence-corrected chi connectivity index (χ4v) is 1.82. The Bertz CT molecular complexity index is 423. The zero-order chi connectivity index (χ0) is 12.5. The lowest BCUT2D eigenvalue weighted by atomic mass is 9.79. The quantitative estimate of drug-likeness (QED) is 0.821. The normalized spacial score (nSPS) is 14.6. The van der Waals surface area contributed by atoms with Crippen LogP contribution < -0.4 is 0 Å². The van der Waals surface area contributed by atoms with Gasteiger partial charge in [0.2, 0.25) is 0 Å². The molecule has 0 heterocycles. The second kappa shape index (κ2) is 4.26. The fourth-order valence-electron chi connectivity index (χ4n) is 1.82. The Kier molecular flexibility index (Phi) is 3.38. The number of aryl methyl sites for hydroxylation is 3. The van der Waals surface area contributed by atoms with E-state index < -0.39 is 18.0 Å². The Balaban J connectivity index is 3.42. The molecule has 0 saturated carbocycles. The lowest BCUT2D eigenvalue weighted by Gasteiger charge is -2.25. The molecule has 2 N–H and O–H groups in total. The first-order valence-electron chi connectivity index (χ1n) is 5.25. The maximum Gasteiger partial charge on any atom is 0.316 e. The average Bonchev–Trinajstić information content (AvgIpc) is 2.22. The number of aliphatic carboxylic acids is 1. The molecule has 1 unspecified atom stereocenters. The summed E-state index contributed by atoms with van der Waals surface area (Å²) in [7, 11) is 0. The van der Waals surface area contributed by atoms with Crippen molar-refractivity contribution in [1.29, 1.82) is 0 Å². The number of hydrogen-bond donors (Lipinski definition) is 2. The zero-order valence-corrected chi connectivity index (χ0v) is 10.2. The highest BCUT2D eigenvalue weighted by Gasteiger charge is 2.36. The number of carboxylic acid groups (broad SMARTS) is 1. The third kappa shape index (κ3) is 1.95. The van der Waals surface area contributed by atoms with Crippen molar-refractivity contribution in [1.82, 2.24) is 0 Å². The van der Waals surface area contributed by atoms with E-state index in [1.54, 1.807) is 6.92 Å². The van der Waals surface area contributed by atoms with Crippen molar-refractivity contribution in [2.24, 2.45) is 0 Å². The van der Waals surface area contributed by atoms with Crippen LogP contribution in [0.5, 0.6) is 0 Å². The Morgan fingerprint density at radius 3 is 2.12 bits per heavy atom. The van der Waals surface area contributed by atoms with Gasteiger partial charge in [-0.3, -0.25) is 4.79 Å². The molecule has 88 valence electrons. The third-order valence-electron chi connectivity index (χ3n) is 3.22. The molecule has 0 amide bonds. The van der Waals surface area contributed by atoms with Gasteiger partial charge in [0.25, 0.3) is 0 Å². The van der Waals surface area contributed by atoms with Crippen molar-refractivity contribution in [3.63, 3.8) is 0 Å². The highest BCUT2D eigenvalue weighted by molar-refractivity contribution is 5.81. The van der Waals surface area contributed by atoms with E-state index in [1.165, 1.54) is 0 Å². The van der Waals surface area contributed by atoms with E-state index in [0.717, 1.165) is 16.7 Å². The van der Waals surface area contributed by atoms with Gasteiger partial charge >= 0.3 is 5.97 Å². The standard InChI is InChI=1S/C13H18O3/c1-8-5-10(3)11(6-9(8)2)13(4,7-14)12(15)16/h5-6,14H,7H2,1-4H3,(H,15,16). The molecule has 0 saturated heterocycles. The van der Waals surface area contributed by atoms with Gasteiger partial charge in [-0.1, -0.05) is 12.1 Å². The Hall–Kier alpha value is -1.35. The summed E-state index contributed by atoms with van der Waals surface area (Å²) in [6.45, 7) is 6.96. The second-order valence-electron chi connectivity index (χ2n) is 4.55. The van der Waals surface area contributed by atoms with Crippen LogP contribution in [0.3, 0.4) is 0 Å². The topological polar surface area (TPSA) is 57.5 Å². The maximum atomic E-state index is 11.2. The highest BCUT2D eigenvalue weighted by atomic mass is 16.4. The number of benzene rings is 1. The number of aliphatic hydroxyl groups excluding tert-OH is 1. The molecule has 0 bridgehead atoms. The molecule has 0 aromatic heterocycles. The van der Waals surface area contributed by atoms with Crippen molar-refractivity contribution in [3.05, 3.63) is 34.4 Å². The summed E-state index contributed by atoms with van der Waals surface area (Å²) in [5.74, 6) is -0.999. The lowest BCUT2D eigenvalue weighted by molar-refractivity contribution is -0.144. The molecule has 1 atom stereocenters. The van der Waals surface area contributed by atoms with E-state index >= 15 is 0 Å². The number of carbonyl (C=O) groups is 1. The molecule has 1 aromatic carbocycles. The Morgan fingerprint density at radius 2 is 1.69 bits per heavy atom. The van der Waals surface area contributed by atoms with Crippen molar-refractivity contribution >= 4 is 5.97 Å². The first-order valence-corrected chi connectivity index (χ1v) is 5.25. The summed E-state index contributed by atoms with van der Waals surface area (Å²) < 4.78 is 0. The zero-order valence-electron chi connectivity index (χ0n) is 10.2. The largest absolute Gasteiger partial charge is 0.481 e. The molecule has 0 aliphatic heterocycles. The number of aliphatic hydroxyl groups is 1. The molecule has 0 fully saturated rings. The van der Waals surface area contributed by atoms with E-state index in [1.807, 2.05) is 32.9 Å². The van der Waals surface area contributed by atoms with Crippen molar-refractivity contribution < 1.29 is 15.0 Å². The van der Waals surface area contributed by atoms with E-state index in [-0.39, 0.29) is 0 Å². The molecule has 1 rings (SSSR count). The van der Waals surface area contributed by atoms with Crippen LogP contribution in [0, 0.1) is 20.8 Å². The lowest BCUT2D eigenvalue weighted by Crippen LogP contribution is -2.37. The van der Waals surface area contributed by atoms with Gasteiger partial charge in [-0.15, -0.1) is 0 Å². The second-order valence-corrected chi connectivity index (χ2v) is 4.55. The van der Waals surface area contributed by atoms with Gasteiger partial charge in [0.15, 0.2) is 0 Å². The van der Waals surface area contributed by atoms with Crippen LogP contribution in [0.25, 0.3) is 0 Å². The van der Waals surface area contributed by atoms with Crippen LogP contribution in [0.2, 0.25) is 0 Å². The minimum Gasteiger partial charge on any atom is -0.481 e. The average molecular weight is 222 g/mol. The van der Waals surface area contributed by atoms with Gasteiger partial charge in [-0.2, -0.15) is 0 Å². The predicted octanol–water partition coefficient (Wildman–Crippen LogP) is 1.95. The van der Waals surface area contributed by atoms with Gasteiger partial charge in [0.05, 0.1) is 6.61 Å². The van der Waals surface area contributed by atoms with E-state index in [0.29, 0.717) is 5.56 Å². The molecule has 3 heteroatoms. The van der Waals surface area contributed by atoms with Gasteiger partial charge in [0, 0.05) is 0 Å². The number of carboxylic acids is 1. The van der Waals surface area contributed by atoms with Crippen LogP contribution in [-0.2, 0) is 10.2 Å². The third-order valence-corrected chi connectivity index (χ3v) is 3.22. The smallest absolute Gasteiger partial charge is 0.316 e. The van der Waals surface area contributed by atoms with Crippen LogP contribution in [0.15, 0.2) is 12.1 Å². The number of rotatable bonds is 3. The first-order chi connectivity index (χ1) is 7.32. The van der Waals surface area contributed by atoms with Gasteiger partial charge in [-0.25, -0.2) is 0 Å². The monoisotopic (exact) mass is 222 g/mol. The minimum atomic E-state index is -1.22. The SMILES string of the molecule is Cc1cc(C)c(C(C)(CO)C(=O)O)cc1C.